The first-order valence-electron chi connectivity index (χ1n) is 8.96. The summed E-state index contributed by atoms with van der Waals surface area (Å²) in [6.45, 7) is 4.25. The van der Waals surface area contributed by atoms with Gasteiger partial charge in [-0.3, -0.25) is 4.79 Å². The minimum Gasteiger partial charge on any atom is -0.497 e. The molecule has 2 aromatic carbocycles. The number of hydrogen-bond donors (Lipinski definition) is 2. The Kier molecular flexibility index (Phi) is 7.96. The van der Waals surface area contributed by atoms with Crippen molar-refractivity contribution in [1.82, 2.24) is 10.6 Å². The topological polar surface area (TPSA) is 59.6 Å². The molecule has 140 valence electrons. The van der Waals surface area contributed by atoms with Gasteiger partial charge in [-0.15, -0.1) is 0 Å². The quantitative estimate of drug-likeness (QED) is 0.640. The summed E-state index contributed by atoms with van der Waals surface area (Å²) in [6, 6.07) is 13.5. The molecular weight excluding hydrogens is 328 g/mol. The summed E-state index contributed by atoms with van der Waals surface area (Å²) in [5, 5.41) is 6.33. The van der Waals surface area contributed by atoms with E-state index in [4.69, 9.17) is 9.47 Å². The van der Waals surface area contributed by atoms with Crippen LogP contribution in [-0.2, 0) is 13.1 Å². The van der Waals surface area contributed by atoms with Gasteiger partial charge >= 0.3 is 0 Å². The second kappa shape index (κ2) is 10.5. The molecule has 0 bridgehead atoms. The maximum Gasteiger partial charge on any atom is 0.251 e. The third-order valence-electron chi connectivity index (χ3n) is 4.10. The van der Waals surface area contributed by atoms with Gasteiger partial charge in [-0.05, 0) is 41.8 Å². The smallest absolute Gasteiger partial charge is 0.251 e. The third kappa shape index (κ3) is 6.08. The van der Waals surface area contributed by atoms with Crippen molar-refractivity contribution in [2.45, 2.75) is 32.9 Å². The van der Waals surface area contributed by atoms with Crippen molar-refractivity contribution in [2.75, 3.05) is 20.8 Å². The van der Waals surface area contributed by atoms with Gasteiger partial charge in [-0.2, -0.15) is 0 Å². The summed E-state index contributed by atoms with van der Waals surface area (Å²) in [6.07, 6.45) is 2.08. The van der Waals surface area contributed by atoms with Crippen LogP contribution in [0.4, 0.5) is 0 Å². The molecule has 0 heterocycles. The van der Waals surface area contributed by atoms with E-state index in [9.17, 15) is 4.79 Å². The van der Waals surface area contributed by atoms with Crippen LogP contribution >= 0.6 is 0 Å². The zero-order chi connectivity index (χ0) is 18.8. The molecule has 0 atom stereocenters. The molecule has 2 N–H and O–H groups in total. The van der Waals surface area contributed by atoms with Crippen LogP contribution in [0.1, 0.15) is 41.3 Å². The predicted octanol–water partition coefficient (Wildman–Crippen LogP) is 3.52. The van der Waals surface area contributed by atoms with Gasteiger partial charge in [0, 0.05) is 31.3 Å². The van der Waals surface area contributed by atoms with E-state index in [0.717, 1.165) is 48.6 Å². The molecule has 5 heteroatoms. The molecule has 5 nitrogen and oxygen atoms in total. The number of unbranched alkanes of at least 4 members (excludes halogenated alkanes) is 1. The molecule has 26 heavy (non-hydrogen) atoms. The maximum absolute atomic E-state index is 12.0. The van der Waals surface area contributed by atoms with E-state index >= 15 is 0 Å². The molecule has 0 unspecified atom stereocenters. The van der Waals surface area contributed by atoms with Crippen molar-refractivity contribution < 1.29 is 14.3 Å². The van der Waals surface area contributed by atoms with E-state index in [1.54, 1.807) is 14.2 Å². The molecule has 0 saturated heterocycles. The molecule has 0 fully saturated rings. The fourth-order valence-corrected chi connectivity index (χ4v) is 2.57. The van der Waals surface area contributed by atoms with E-state index < -0.39 is 0 Å². The van der Waals surface area contributed by atoms with Gasteiger partial charge in [0.1, 0.15) is 11.5 Å². The van der Waals surface area contributed by atoms with Crippen molar-refractivity contribution in [3.63, 3.8) is 0 Å². The van der Waals surface area contributed by atoms with Crippen LogP contribution in [0.15, 0.2) is 42.5 Å². The van der Waals surface area contributed by atoms with Crippen LogP contribution in [0.25, 0.3) is 0 Å². The molecule has 0 saturated carbocycles. The van der Waals surface area contributed by atoms with Gasteiger partial charge < -0.3 is 20.1 Å². The first-order chi connectivity index (χ1) is 12.7. The molecule has 1 amide bonds. The molecule has 2 aromatic rings. The lowest BCUT2D eigenvalue weighted by molar-refractivity contribution is 0.0953. The second-order valence-corrected chi connectivity index (χ2v) is 6.13. The number of carbonyl (C=O) groups excluding carboxylic acids is 1. The van der Waals surface area contributed by atoms with E-state index in [2.05, 4.69) is 17.6 Å². The number of nitrogens with one attached hydrogen (secondary N) is 2. The highest BCUT2D eigenvalue weighted by molar-refractivity contribution is 5.94. The van der Waals surface area contributed by atoms with Gasteiger partial charge in [0.25, 0.3) is 5.91 Å². The van der Waals surface area contributed by atoms with Gasteiger partial charge in [-0.25, -0.2) is 0 Å². The first-order valence-corrected chi connectivity index (χ1v) is 8.96. The Morgan fingerprint density at radius 3 is 2.12 bits per heavy atom. The van der Waals surface area contributed by atoms with Crippen molar-refractivity contribution >= 4 is 5.91 Å². The van der Waals surface area contributed by atoms with Crippen LogP contribution < -0.4 is 20.1 Å². The Balaban J connectivity index is 1.85. The molecule has 2 rings (SSSR count). The maximum atomic E-state index is 12.0. The predicted molar refractivity (Wildman–Crippen MR) is 104 cm³/mol. The van der Waals surface area contributed by atoms with E-state index in [-0.39, 0.29) is 5.91 Å². The largest absolute Gasteiger partial charge is 0.497 e. The number of hydrogen-bond acceptors (Lipinski definition) is 4. The molecule has 0 radical (unpaired) electrons. The summed E-state index contributed by atoms with van der Waals surface area (Å²) >= 11 is 0. The molecule has 0 spiro atoms. The average molecular weight is 356 g/mol. The average Bonchev–Trinajstić information content (AvgIpc) is 2.68. The fourth-order valence-electron chi connectivity index (χ4n) is 2.57. The molecule has 0 aliphatic carbocycles. The molecule has 0 aliphatic rings. The van der Waals surface area contributed by atoms with Crippen molar-refractivity contribution in [1.29, 1.82) is 0 Å². The van der Waals surface area contributed by atoms with Gasteiger partial charge in [0.2, 0.25) is 0 Å². The SMILES string of the molecule is CCCCNC(=O)c1ccc(CNCc2cc(OC)cc(OC)c2)cc1. The van der Waals surface area contributed by atoms with Crippen molar-refractivity contribution in [3.8, 4) is 11.5 Å². The van der Waals surface area contributed by atoms with Crippen LogP contribution in [0.5, 0.6) is 11.5 Å². The number of amides is 1. The van der Waals surface area contributed by atoms with Crippen LogP contribution in [0.2, 0.25) is 0 Å². The number of carbonyl (C=O) groups is 1. The summed E-state index contributed by atoms with van der Waals surface area (Å²) in [5.74, 6) is 1.54. The van der Waals surface area contributed by atoms with Crippen molar-refractivity contribution in [3.05, 3.63) is 59.2 Å². The molecular formula is C21H28N2O3. The zero-order valence-electron chi connectivity index (χ0n) is 15.8. The van der Waals surface area contributed by atoms with E-state index in [1.807, 2.05) is 42.5 Å². The number of rotatable bonds is 10. The fraction of sp³-hybridized carbons (Fsp3) is 0.381. The summed E-state index contributed by atoms with van der Waals surface area (Å²) in [7, 11) is 3.29. The number of ether oxygens (including phenoxy) is 2. The Morgan fingerprint density at radius 2 is 1.54 bits per heavy atom. The van der Waals surface area contributed by atoms with E-state index in [1.165, 1.54) is 0 Å². The Bertz CT molecular complexity index is 677. The van der Waals surface area contributed by atoms with Crippen LogP contribution in [-0.4, -0.2) is 26.7 Å². The number of benzene rings is 2. The minimum atomic E-state index is -0.0126. The summed E-state index contributed by atoms with van der Waals surface area (Å²) < 4.78 is 10.6. The monoisotopic (exact) mass is 356 g/mol. The highest BCUT2D eigenvalue weighted by Gasteiger charge is 2.05. The standard InChI is InChI=1S/C21H28N2O3/c1-4-5-10-23-21(24)18-8-6-16(7-9-18)14-22-15-17-11-19(25-2)13-20(12-17)26-3/h6-9,11-13,22H,4-5,10,14-15H2,1-3H3,(H,23,24). The van der Waals surface area contributed by atoms with Gasteiger partial charge in [0.05, 0.1) is 14.2 Å². The molecule has 0 aliphatic heterocycles. The molecule has 0 aromatic heterocycles. The normalized spacial score (nSPS) is 10.4. The van der Waals surface area contributed by atoms with E-state index in [0.29, 0.717) is 12.1 Å². The highest BCUT2D eigenvalue weighted by atomic mass is 16.5. The third-order valence-corrected chi connectivity index (χ3v) is 4.10. The summed E-state index contributed by atoms with van der Waals surface area (Å²) in [4.78, 5) is 12.0. The lowest BCUT2D eigenvalue weighted by atomic mass is 10.1. The van der Waals surface area contributed by atoms with Gasteiger partial charge in [0.15, 0.2) is 0 Å². The lowest BCUT2D eigenvalue weighted by Gasteiger charge is -2.10. The summed E-state index contributed by atoms with van der Waals surface area (Å²) in [5.41, 5.74) is 2.92. The Labute approximate surface area is 155 Å². The zero-order valence-corrected chi connectivity index (χ0v) is 15.8. The minimum absolute atomic E-state index is 0.0126. The second-order valence-electron chi connectivity index (χ2n) is 6.13. The first kappa shape index (κ1) is 19.8. The Hall–Kier alpha value is -2.53. The Morgan fingerprint density at radius 1 is 0.923 bits per heavy atom. The number of methoxy groups -OCH3 is 2. The highest BCUT2D eigenvalue weighted by Crippen LogP contribution is 2.22. The van der Waals surface area contributed by atoms with Crippen molar-refractivity contribution in [2.24, 2.45) is 0 Å². The van der Waals surface area contributed by atoms with Crippen LogP contribution in [0, 0.1) is 0 Å². The van der Waals surface area contributed by atoms with Crippen LogP contribution in [0.3, 0.4) is 0 Å². The van der Waals surface area contributed by atoms with Gasteiger partial charge in [-0.1, -0.05) is 25.5 Å². The lowest BCUT2D eigenvalue weighted by Crippen LogP contribution is -2.24.